The maximum Gasteiger partial charge on any atom is 0.214 e. The standard InChI is InChI=1S/C36H50N2/c1-4-7-10-11-12-13-14-15-16-17-20-34-29-35(32-25-21-30(22-26-32)18-8-5-2)38(37)36(34)33-27-23-31(24-28-33)19-9-6-3/h17,20-29H,4-16,18-19H2,1-3H3. The van der Waals surface area contributed by atoms with Crippen molar-refractivity contribution in [3.63, 3.8) is 0 Å². The van der Waals surface area contributed by atoms with E-state index in [2.05, 4.69) is 87.5 Å². The second-order valence-corrected chi connectivity index (χ2v) is 10.9. The first-order valence-corrected chi connectivity index (χ1v) is 15.5. The summed E-state index contributed by atoms with van der Waals surface area (Å²) in [6, 6.07) is 17.5. The van der Waals surface area contributed by atoms with Gasteiger partial charge in [0.05, 0.1) is 5.57 Å². The molecule has 38 heavy (non-hydrogen) atoms. The van der Waals surface area contributed by atoms with E-state index in [0.717, 1.165) is 47.4 Å². The number of hydrogen-bond donors (Lipinski definition) is 0. The fourth-order valence-corrected chi connectivity index (χ4v) is 5.18. The Labute approximate surface area is 233 Å². The van der Waals surface area contributed by atoms with Crippen molar-refractivity contribution in [3.05, 3.63) is 100 Å². The van der Waals surface area contributed by atoms with Gasteiger partial charge in [0, 0.05) is 17.2 Å². The molecule has 0 radical (unpaired) electrons. The summed E-state index contributed by atoms with van der Waals surface area (Å²) in [4.78, 5) is 0. The number of benzene rings is 2. The minimum Gasteiger partial charge on any atom is -0.493 e. The molecule has 0 aromatic heterocycles. The van der Waals surface area contributed by atoms with Crippen molar-refractivity contribution >= 4 is 11.4 Å². The molecule has 0 N–H and O–H groups in total. The number of aryl methyl sites for hydroxylation is 2. The van der Waals surface area contributed by atoms with Gasteiger partial charge in [0.1, 0.15) is 0 Å². The van der Waals surface area contributed by atoms with Crippen LogP contribution in [0.4, 0.5) is 0 Å². The van der Waals surface area contributed by atoms with Crippen LogP contribution in [-0.2, 0) is 12.8 Å². The molecule has 0 atom stereocenters. The monoisotopic (exact) mass is 510 g/mol. The van der Waals surface area contributed by atoms with E-state index >= 15 is 0 Å². The van der Waals surface area contributed by atoms with Gasteiger partial charge in [-0.2, -0.15) is 0 Å². The third kappa shape index (κ3) is 9.22. The van der Waals surface area contributed by atoms with Gasteiger partial charge in [-0.15, -0.1) is 0 Å². The van der Waals surface area contributed by atoms with E-state index in [1.807, 2.05) is 0 Å². The van der Waals surface area contributed by atoms with E-state index in [4.69, 9.17) is 0 Å². The van der Waals surface area contributed by atoms with Crippen LogP contribution in [0, 0.1) is 0 Å². The van der Waals surface area contributed by atoms with Gasteiger partial charge < -0.3 is 5.53 Å². The first-order chi connectivity index (χ1) is 18.7. The highest BCUT2D eigenvalue weighted by molar-refractivity contribution is 5.80. The van der Waals surface area contributed by atoms with Gasteiger partial charge in [0.15, 0.2) is 0 Å². The lowest BCUT2D eigenvalue weighted by atomic mass is 10.0. The van der Waals surface area contributed by atoms with Crippen LogP contribution in [-0.4, -0.2) is 4.70 Å². The van der Waals surface area contributed by atoms with Gasteiger partial charge in [0.25, 0.3) is 0 Å². The fraction of sp³-hybridized carbons (Fsp3) is 0.500. The molecular formula is C36H50N2. The van der Waals surface area contributed by atoms with Crippen LogP contribution < -0.4 is 0 Å². The summed E-state index contributed by atoms with van der Waals surface area (Å²) in [7, 11) is 0. The Morgan fingerprint density at radius 1 is 0.605 bits per heavy atom. The van der Waals surface area contributed by atoms with Crippen molar-refractivity contribution in [1.29, 1.82) is 0 Å². The molecule has 1 aliphatic rings. The third-order valence-corrected chi connectivity index (χ3v) is 7.64. The van der Waals surface area contributed by atoms with Crippen LogP contribution in [0.3, 0.4) is 0 Å². The highest BCUT2D eigenvalue weighted by Gasteiger charge is 2.27. The van der Waals surface area contributed by atoms with Crippen molar-refractivity contribution in [2.75, 3.05) is 0 Å². The Balaban J connectivity index is 1.71. The van der Waals surface area contributed by atoms with E-state index in [9.17, 15) is 5.53 Å². The third-order valence-electron chi connectivity index (χ3n) is 7.64. The number of hydrogen-bond acceptors (Lipinski definition) is 0. The molecule has 0 unspecified atom stereocenters. The smallest absolute Gasteiger partial charge is 0.214 e. The van der Waals surface area contributed by atoms with E-state index in [1.165, 1.54) is 92.9 Å². The van der Waals surface area contributed by atoms with Crippen LogP contribution in [0.25, 0.3) is 16.9 Å². The Kier molecular flexibility index (Phi) is 13.3. The summed E-state index contributed by atoms with van der Waals surface area (Å²) in [6.07, 6.45) is 25.5. The molecule has 3 rings (SSSR count). The normalized spacial score (nSPS) is 13.7. The summed E-state index contributed by atoms with van der Waals surface area (Å²) < 4.78 is 1.40. The second kappa shape index (κ2) is 17.0. The summed E-state index contributed by atoms with van der Waals surface area (Å²) in [6.45, 7) is 6.74. The molecule has 0 saturated carbocycles. The summed E-state index contributed by atoms with van der Waals surface area (Å²) >= 11 is 0. The minimum atomic E-state index is 0.851. The lowest BCUT2D eigenvalue weighted by Crippen LogP contribution is -2.02. The van der Waals surface area contributed by atoms with Crippen molar-refractivity contribution in [3.8, 4) is 0 Å². The topological polar surface area (TPSA) is 25.3 Å². The average Bonchev–Trinajstić information content (AvgIpc) is 3.28. The molecule has 2 aromatic rings. The SMILES string of the molecule is CCCCCCCCCCC=CC1=C(c2ccc(CCCC)cc2)[N+](=[N-])C(c2ccc(CCCC)cc2)=C1. The Bertz CT molecular complexity index is 1070. The number of allylic oxidation sites excluding steroid dienone is 4. The van der Waals surface area contributed by atoms with Crippen LogP contribution in [0.15, 0.2) is 72.3 Å². The Hall–Kier alpha value is -2.74. The first kappa shape index (κ1) is 29.8. The largest absolute Gasteiger partial charge is 0.493 e. The van der Waals surface area contributed by atoms with Gasteiger partial charge in [-0.05, 0) is 73.9 Å². The molecule has 0 saturated heterocycles. The van der Waals surface area contributed by atoms with Gasteiger partial charge in [-0.25, -0.2) is 4.70 Å². The molecule has 2 nitrogen and oxygen atoms in total. The van der Waals surface area contributed by atoms with Gasteiger partial charge in [0.2, 0.25) is 11.4 Å². The zero-order valence-corrected chi connectivity index (χ0v) is 24.4. The van der Waals surface area contributed by atoms with Gasteiger partial charge in [-0.3, -0.25) is 0 Å². The zero-order chi connectivity index (χ0) is 27.0. The number of nitrogens with zero attached hydrogens (tertiary/aromatic N) is 2. The maximum atomic E-state index is 11.4. The lowest BCUT2D eigenvalue weighted by Gasteiger charge is -2.10. The highest BCUT2D eigenvalue weighted by Crippen LogP contribution is 2.36. The quantitative estimate of drug-likeness (QED) is 0.141. The Morgan fingerprint density at radius 2 is 1.11 bits per heavy atom. The number of unbranched alkanes of at least 4 members (excludes halogenated alkanes) is 10. The molecule has 2 aromatic carbocycles. The van der Waals surface area contributed by atoms with Crippen molar-refractivity contribution < 1.29 is 4.70 Å². The molecule has 1 aliphatic heterocycles. The predicted octanol–water partition coefficient (Wildman–Crippen LogP) is 11.3. The lowest BCUT2D eigenvalue weighted by molar-refractivity contribution is -0.344. The molecule has 0 spiro atoms. The highest BCUT2D eigenvalue weighted by atomic mass is 15.2. The van der Waals surface area contributed by atoms with Crippen molar-refractivity contribution in [2.24, 2.45) is 0 Å². The second-order valence-electron chi connectivity index (χ2n) is 10.9. The van der Waals surface area contributed by atoms with Crippen molar-refractivity contribution in [2.45, 2.75) is 117 Å². The molecule has 204 valence electrons. The molecule has 2 heteroatoms. The number of rotatable bonds is 18. The van der Waals surface area contributed by atoms with E-state index in [0.29, 0.717) is 0 Å². The van der Waals surface area contributed by atoms with E-state index in [1.54, 1.807) is 0 Å². The zero-order valence-electron chi connectivity index (χ0n) is 24.4. The Morgan fingerprint density at radius 3 is 1.66 bits per heavy atom. The summed E-state index contributed by atoms with van der Waals surface area (Å²) in [5.74, 6) is 0. The van der Waals surface area contributed by atoms with Crippen LogP contribution in [0.5, 0.6) is 0 Å². The molecular weight excluding hydrogens is 460 g/mol. The molecule has 0 aliphatic carbocycles. The average molecular weight is 511 g/mol. The van der Waals surface area contributed by atoms with Gasteiger partial charge >= 0.3 is 0 Å². The van der Waals surface area contributed by atoms with Crippen LogP contribution >= 0.6 is 0 Å². The molecule has 1 heterocycles. The predicted molar refractivity (Wildman–Crippen MR) is 165 cm³/mol. The van der Waals surface area contributed by atoms with Crippen LogP contribution in [0.1, 0.15) is 126 Å². The van der Waals surface area contributed by atoms with Gasteiger partial charge in [-0.1, -0.05) is 115 Å². The molecule has 0 bridgehead atoms. The first-order valence-electron chi connectivity index (χ1n) is 15.5. The maximum absolute atomic E-state index is 11.4. The van der Waals surface area contributed by atoms with E-state index in [-0.39, 0.29) is 0 Å². The van der Waals surface area contributed by atoms with Crippen LogP contribution in [0.2, 0.25) is 0 Å². The summed E-state index contributed by atoms with van der Waals surface area (Å²) in [5, 5.41) is 0. The van der Waals surface area contributed by atoms with E-state index < -0.39 is 0 Å². The summed E-state index contributed by atoms with van der Waals surface area (Å²) in [5.41, 5.74) is 19.0. The fourth-order valence-electron chi connectivity index (χ4n) is 5.18. The van der Waals surface area contributed by atoms with Crippen molar-refractivity contribution in [1.82, 2.24) is 0 Å². The molecule has 0 amide bonds. The molecule has 0 fully saturated rings. The minimum absolute atomic E-state index is 0.851.